The van der Waals surface area contributed by atoms with Gasteiger partial charge in [-0.2, -0.15) is 0 Å². The molecular weight excluding hydrogens is 322 g/mol. The maximum absolute atomic E-state index is 12.5. The molecule has 2 N–H and O–H groups in total. The smallest absolute Gasteiger partial charge is 0.274 e. The van der Waals surface area contributed by atoms with Crippen LogP contribution in [-0.4, -0.2) is 37.6 Å². The van der Waals surface area contributed by atoms with E-state index in [0.717, 1.165) is 0 Å². The molecule has 0 atom stereocenters. The van der Waals surface area contributed by atoms with Gasteiger partial charge in [0, 0.05) is 12.6 Å². The standard InChI is InChI=1S/C18H19N3O4/c1-4-10-19-17(22)13-6-5-7-14(20-13)18(23)21-15-11-12(24-2)8-9-16(15)25-3/h4-9,11H,1,10H2,2-3H3,(H,19,22)(H,21,23). The van der Waals surface area contributed by atoms with Gasteiger partial charge in [0.1, 0.15) is 22.9 Å². The number of methoxy groups -OCH3 is 2. The van der Waals surface area contributed by atoms with Crippen LogP contribution in [-0.2, 0) is 0 Å². The van der Waals surface area contributed by atoms with Crippen LogP contribution >= 0.6 is 0 Å². The molecule has 1 aromatic carbocycles. The maximum Gasteiger partial charge on any atom is 0.274 e. The molecule has 0 aliphatic carbocycles. The second kappa shape index (κ2) is 8.49. The molecule has 7 heteroatoms. The van der Waals surface area contributed by atoms with E-state index in [4.69, 9.17) is 9.47 Å². The number of hydrogen-bond donors (Lipinski definition) is 2. The molecule has 130 valence electrons. The summed E-state index contributed by atoms with van der Waals surface area (Å²) in [7, 11) is 3.03. The molecule has 0 saturated heterocycles. The number of nitrogens with zero attached hydrogens (tertiary/aromatic N) is 1. The van der Waals surface area contributed by atoms with Crippen LogP contribution in [0.1, 0.15) is 21.0 Å². The fourth-order valence-electron chi connectivity index (χ4n) is 2.04. The molecule has 0 fully saturated rings. The van der Waals surface area contributed by atoms with Crippen LogP contribution in [0, 0.1) is 0 Å². The third kappa shape index (κ3) is 4.57. The fourth-order valence-corrected chi connectivity index (χ4v) is 2.04. The molecule has 0 unspecified atom stereocenters. The summed E-state index contributed by atoms with van der Waals surface area (Å²) < 4.78 is 10.4. The summed E-state index contributed by atoms with van der Waals surface area (Å²) in [6, 6.07) is 9.68. The number of nitrogens with one attached hydrogen (secondary N) is 2. The van der Waals surface area contributed by atoms with E-state index in [1.807, 2.05) is 0 Å². The molecule has 0 bridgehead atoms. The zero-order valence-corrected chi connectivity index (χ0v) is 14.0. The van der Waals surface area contributed by atoms with Gasteiger partial charge in [0.25, 0.3) is 11.8 Å². The first kappa shape index (κ1) is 18.0. The van der Waals surface area contributed by atoms with Crippen LogP contribution in [0.15, 0.2) is 49.1 Å². The summed E-state index contributed by atoms with van der Waals surface area (Å²) in [5.74, 6) is 0.203. The van der Waals surface area contributed by atoms with Crippen molar-refractivity contribution in [3.8, 4) is 11.5 Å². The van der Waals surface area contributed by atoms with Crippen molar-refractivity contribution in [2.45, 2.75) is 0 Å². The average molecular weight is 341 g/mol. The molecule has 0 aliphatic rings. The van der Waals surface area contributed by atoms with Gasteiger partial charge in [0.05, 0.1) is 19.9 Å². The van der Waals surface area contributed by atoms with E-state index >= 15 is 0 Å². The Labute approximate surface area is 145 Å². The first-order chi connectivity index (χ1) is 12.1. The van der Waals surface area contributed by atoms with Crippen LogP contribution in [0.3, 0.4) is 0 Å². The van der Waals surface area contributed by atoms with Crippen molar-refractivity contribution >= 4 is 17.5 Å². The van der Waals surface area contributed by atoms with Gasteiger partial charge in [-0.3, -0.25) is 9.59 Å². The van der Waals surface area contributed by atoms with Crippen molar-refractivity contribution in [1.82, 2.24) is 10.3 Å². The number of anilines is 1. The minimum absolute atomic E-state index is 0.108. The highest BCUT2D eigenvalue weighted by molar-refractivity contribution is 6.04. The Morgan fingerprint density at radius 3 is 2.48 bits per heavy atom. The second-order valence-corrected chi connectivity index (χ2v) is 4.93. The Morgan fingerprint density at radius 2 is 1.84 bits per heavy atom. The Balaban J connectivity index is 2.21. The minimum atomic E-state index is -0.468. The first-order valence-electron chi connectivity index (χ1n) is 7.48. The van der Waals surface area contributed by atoms with Crippen LogP contribution in [0.4, 0.5) is 5.69 Å². The Bertz CT molecular complexity index is 790. The summed E-state index contributed by atoms with van der Waals surface area (Å²) >= 11 is 0. The SMILES string of the molecule is C=CCNC(=O)c1cccc(C(=O)Nc2cc(OC)ccc2OC)n1. The molecule has 0 aliphatic heterocycles. The van der Waals surface area contributed by atoms with Gasteiger partial charge in [0.2, 0.25) is 0 Å². The monoisotopic (exact) mass is 341 g/mol. The Morgan fingerprint density at radius 1 is 1.12 bits per heavy atom. The molecule has 1 heterocycles. The summed E-state index contributed by atoms with van der Waals surface area (Å²) in [5.41, 5.74) is 0.693. The lowest BCUT2D eigenvalue weighted by Gasteiger charge is -2.11. The van der Waals surface area contributed by atoms with Gasteiger partial charge in [-0.1, -0.05) is 12.1 Å². The van der Waals surface area contributed by atoms with Gasteiger partial charge in [-0.05, 0) is 24.3 Å². The van der Waals surface area contributed by atoms with Crippen LogP contribution in [0.5, 0.6) is 11.5 Å². The molecular formula is C18H19N3O4. The number of ether oxygens (including phenoxy) is 2. The highest BCUT2D eigenvalue weighted by Gasteiger charge is 2.14. The number of amides is 2. The largest absolute Gasteiger partial charge is 0.497 e. The van der Waals surface area contributed by atoms with E-state index in [1.54, 1.807) is 30.3 Å². The first-order valence-corrected chi connectivity index (χ1v) is 7.48. The molecule has 2 rings (SSSR count). The summed E-state index contributed by atoms with van der Waals surface area (Å²) in [5, 5.41) is 5.32. The van der Waals surface area contributed by atoms with Crippen molar-refractivity contribution in [2.75, 3.05) is 26.1 Å². The number of rotatable bonds is 7. The number of aromatic nitrogens is 1. The van der Waals surface area contributed by atoms with E-state index in [2.05, 4.69) is 22.2 Å². The Kier molecular flexibility index (Phi) is 6.11. The van der Waals surface area contributed by atoms with E-state index in [-0.39, 0.29) is 17.3 Å². The van der Waals surface area contributed by atoms with Gasteiger partial charge in [-0.25, -0.2) is 4.98 Å². The quantitative estimate of drug-likeness (QED) is 0.754. The average Bonchev–Trinajstić information content (AvgIpc) is 2.66. The zero-order chi connectivity index (χ0) is 18.2. The van der Waals surface area contributed by atoms with E-state index in [0.29, 0.717) is 23.7 Å². The van der Waals surface area contributed by atoms with E-state index in [9.17, 15) is 9.59 Å². The topological polar surface area (TPSA) is 89.6 Å². The van der Waals surface area contributed by atoms with Crippen LogP contribution in [0.25, 0.3) is 0 Å². The lowest BCUT2D eigenvalue weighted by Crippen LogP contribution is -2.25. The third-order valence-electron chi connectivity index (χ3n) is 3.28. The number of carbonyl (C=O) groups excluding carboxylic acids is 2. The second-order valence-electron chi connectivity index (χ2n) is 4.93. The summed E-state index contributed by atoms with van der Waals surface area (Å²) in [6.07, 6.45) is 1.56. The third-order valence-corrected chi connectivity index (χ3v) is 3.28. The molecule has 0 radical (unpaired) electrons. The molecule has 1 aromatic heterocycles. The lowest BCUT2D eigenvalue weighted by atomic mass is 10.2. The molecule has 7 nitrogen and oxygen atoms in total. The maximum atomic E-state index is 12.5. The van der Waals surface area contributed by atoms with E-state index in [1.165, 1.54) is 26.4 Å². The summed E-state index contributed by atoms with van der Waals surface area (Å²) in [6.45, 7) is 3.85. The van der Waals surface area contributed by atoms with Crippen LogP contribution < -0.4 is 20.1 Å². The molecule has 0 spiro atoms. The van der Waals surface area contributed by atoms with Gasteiger partial charge in [-0.15, -0.1) is 6.58 Å². The highest BCUT2D eigenvalue weighted by atomic mass is 16.5. The number of pyridine rings is 1. The fraction of sp³-hybridized carbons (Fsp3) is 0.167. The number of benzene rings is 1. The minimum Gasteiger partial charge on any atom is -0.497 e. The van der Waals surface area contributed by atoms with Crippen molar-refractivity contribution in [1.29, 1.82) is 0 Å². The predicted octanol–water partition coefficient (Wildman–Crippen LogP) is 2.27. The lowest BCUT2D eigenvalue weighted by molar-refractivity contribution is 0.0953. The van der Waals surface area contributed by atoms with Crippen molar-refractivity contribution in [2.24, 2.45) is 0 Å². The van der Waals surface area contributed by atoms with E-state index < -0.39 is 5.91 Å². The van der Waals surface area contributed by atoms with Crippen molar-refractivity contribution < 1.29 is 19.1 Å². The molecule has 2 aromatic rings. The van der Waals surface area contributed by atoms with Gasteiger partial charge in [0.15, 0.2) is 0 Å². The predicted molar refractivity (Wildman–Crippen MR) is 94.3 cm³/mol. The zero-order valence-electron chi connectivity index (χ0n) is 14.0. The molecule has 0 saturated carbocycles. The van der Waals surface area contributed by atoms with Crippen LogP contribution in [0.2, 0.25) is 0 Å². The van der Waals surface area contributed by atoms with Crippen molar-refractivity contribution in [3.63, 3.8) is 0 Å². The van der Waals surface area contributed by atoms with Crippen molar-refractivity contribution in [3.05, 3.63) is 60.4 Å². The van der Waals surface area contributed by atoms with Gasteiger partial charge >= 0.3 is 0 Å². The summed E-state index contributed by atoms with van der Waals surface area (Å²) in [4.78, 5) is 28.5. The number of hydrogen-bond acceptors (Lipinski definition) is 5. The molecule has 2 amide bonds. The normalized spacial score (nSPS) is 9.84. The van der Waals surface area contributed by atoms with Gasteiger partial charge < -0.3 is 20.1 Å². The number of carbonyl (C=O) groups is 2. The highest BCUT2D eigenvalue weighted by Crippen LogP contribution is 2.29. The Hall–Kier alpha value is -3.35. The molecule has 25 heavy (non-hydrogen) atoms.